The number of hydrogen-bond acceptors (Lipinski definition) is 2. The fraction of sp³-hybridized carbons (Fsp3) is 0. The second-order valence-corrected chi connectivity index (χ2v) is 3.59. The summed E-state index contributed by atoms with van der Waals surface area (Å²) in [5.41, 5.74) is -0.437. The largest absolute Gasteiger partial charge is 0.348 e. The van der Waals surface area contributed by atoms with Crippen LogP contribution < -0.4 is 11.4 Å². The van der Waals surface area contributed by atoms with Gasteiger partial charge in [-0.1, -0.05) is 22.0 Å². The minimum absolute atomic E-state index is 0.479. The Balaban J connectivity index is 2.72. The summed E-state index contributed by atoms with van der Waals surface area (Å²) in [7, 11) is 0. The van der Waals surface area contributed by atoms with Crippen molar-refractivity contribution in [3.63, 3.8) is 0 Å². The van der Waals surface area contributed by atoms with Crippen molar-refractivity contribution in [3.05, 3.63) is 49.7 Å². The van der Waals surface area contributed by atoms with E-state index in [1.54, 1.807) is 18.2 Å². The average Bonchev–Trinajstić information content (AvgIpc) is 2.46. The van der Waals surface area contributed by atoms with E-state index in [1.807, 2.05) is 6.07 Å². The molecule has 0 saturated carbocycles. The first-order valence-corrected chi connectivity index (χ1v) is 4.63. The van der Waals surface area contributed by atoms with Gasteiger partial charge in [0.15, 0.2) is 0 Å². The van der Waals surface area contributed by atoms with Crippen molar-refractivity contribution in [2.45, 2.75) is 0 Å². The highest BCUT2D eigenvalue weighted by Crippen LogP contribution is 2.12. The van der Waals surface area contributed by atoms with Crippen molar-refractivity contribution >= 4 is 15.9 Å². The molecule has 0 bridgehead atoms. The van der Waals surface area contributed by atoms with Gasteiger partial charge < -0.3 is 0 Å². The molecule has 6 heteroatoms. The quantitative estimate of drug-likeness (QED) is 0.785. The molecule has 0 fully saturated rings. The Kier molecular flexibility index (Phi) is 2.12. The summed E-state index contributed by atoms with van der Waals surface area (Å²) >= 11 is 3.26. The lowest BCUT2D eigenvalue weighted by molar-refractivity contribution is 0.951. The normalized spacial score (nSPS) is 10.4. The fourth-order valence-corrected chi connectivity index (χ4v) is 1.55. The zero-order valence-corrected chi connectivity index (χ0v) is 8.54. The molecule has 1 heterocycles. The number of H-pyrrole nitrogens is 2. The smallest absolute Gasteiger partial charge is 0.247 e. The van der Waals surface area contributed by atoms with Gasteiger partial charge in [-0.05, 0) is 18.2 Å². The van der Waals surface area contributed by atoms with Crippen LogP contribution in [0.15, 0.2) is 38.3 Å². The second kappa shape index (κ2) is 3.30. The highest BCUT2D eigenvalue weighted by molar-refractivity contribution is 9.10. The summed E-state index contributed by atoms with van der Waals surface area (Å²) in [5, 5.41) is 4.42. The molecule has 14 heavy (non-hydrogen) atoms. The summed E-state index contributed by atoms with van der Waals surface area (Å²) in [5.74, 6) is 0. The van der Waals surface area contributed by atoms with Crippen LogP contribution in [0, 0.1) is 0 Å². The first-order chi connectivity index (χ1) is 6.68. The van der Waals surface area contributed by atoms with Crippen LogP contribution in [0.5, 0.6) is 0 Å². The van der Waals surface area contributed by atoms with Gasteiger partial charge in [0.05, 0.1) is 5.69 Å². The number of aromatic nitrogens is 3. The Morgan fingerprint density at radius 2 is 1.79 bits per heavy atom. The molecule has 0 aliphatic carbocycles. The summed E-state index contributed by atoms with van der Waals surface area (Å²) in [6, 6.07) is 6.92. The second-order valence-electron chi connectivity index (χ2n) is 2.68. The Morgan fingerprint density at radius 3 is 2.36 bits per heavy atom. The standard InChI is InChI=1S/C8H6BrN3O2/c9-5-2-1-3-6(4-5)12-7(13)10-11-8(12)14/h1-4H,(H,10,13)(H,11,14). The van der Waals surface area contributed by atoms with Crippen molar-refractivity contribution in [1.29, 1.82) is 0 Å². The van der Waals surface area contributed by atoms with Crippen LogP contribution in [0.3, 0.4) is 0 Å². The SMILES string of the molecule is O=c1[nH][nH]c(=O)n1-c1cccc(Br)c1. The lowest BCUT2D eigenvalue weighted by Gasteiger charge is -1.98. The number of aromatic amines is 2. The molecule has 1 aromatic carbocycles. The molecule has 72 valence electrons. The minimum Gasteiger partial charge on any atom is -0.247 e. The maximum atomic E-state index is 11.2. The highest BCUT2D eigenvalue weighted by atomic mass is 79.9. The molecule has 0 saturated heterocycles. The first kappa shape index (κ1) is 9.01. The Labute approximate surface area is 86.5 Å². The van der Waals surface area contributed by atoms with Gasteiger partial charge in [-0.2, -0.15) is 0 Å². The first-order valence-electron chi connectivity index (χ1n) is 3.84. The maximum absolute atomic E-state index is 11.2. The van der Waals surface area contributed by atoms with Gasteiger partial charge in [0.1, 0.15) is 0 Å². The summed E-state index contributed by atoms with van der Waals surface area (Å²) in [6.45, 7) is 0. The van der Waals surface area contributed by atoms with E-state index in [1.165, 1.54) is 0 Å². The Morgan fingerprint density at radius 1 is 1.14 bits per heavy atom. The van der Waals surface area contributed by atoms with Crippen molar-refractivity contribution in [2.24, 2.45) is 0 Å². The fourth-order valence-electron chi connectivity index (χ4n) is 1.16. The van der Waals surface area contributed by atoms with Crippen LogP contribution in [0.4, 0.5) is 0 Å². The zero-order valence-electron chi connectivity index (χ0n) is 6.95. The molecule has 0 amide bonds. The zero-order chi connectivity index (χ0) is 10.1. The van der Waals surface area contributed by atoms with Crippen LogP contribution in [0.1, 0.15) is 0 Å². The van der Waals surface area contributed by atoms with E-state index >= 15 is 0 Å². The van der Waals surface area contributed by atoms with E-state index in [-0.39, 0.29) is 0 Å². The predicted octanol–water partition coefficient (Wildman–Crippen LogP) is 0.616. The van der Waals surface area contributed by atoms with Gasteiger partial charge in [0, 0.05) is 4.47 Å². The number of nitrogens with zero attached hydrogens (tertiary/aromatic N) is 1. The van der Waals surface area contributed by atoms with E-state index in [2.05, 4.69) is 26.1 Å². The van der Waals surface area contributed by atoms with Crippen LogP contribution in [-0.2, 0) is 0 Å². The Bertz CT molecular complexity index is 539. The maximum Gasteiger partial charge on any atom is 0.348 e. The summed E-state index contributed by atoms with van der Waals surface area (Å²) in [4.78, 5) is 22.4. The summed E-state index contributed by atoms with van der Waals surface area (Å²) < 4.78 is 1.83. The monoisotopic (exact) mass is 255 g/mol. The lowest BCUT2D eigenvalue weighted by Crippen LogP contribution is -2.24. The lowest BCUT2D eigenvalue weighted by atomic mass is 10.3. The number of hydrogen-bond donors (Lipinski definition) is 2. The van der Waals surface area contributed by atoms with E-state index in [0.29, 0.717) is 5.69 Å². The van der Waals surface area contributed by atoms with Gasteiger partial charge in [-0.3, -0.25) is 0 Å². The molecule has 0 atom stereocenters. The highest BCUT2D eigenvalue weighted by Gasteiger charge is 2.04. The third-order valence-electron chi connectivity index (χ3n) is 1.75. The molecule has 0 radical (unpaired) electrons. The molecule has 5 nitrogen and oxygen atoms in total. The van der Waals surface area contributed by atoms with E-state index in [0.717, 1.165) is 9.04 Å². The topological polar surface area (TPSA) is 70.7 Å². The van der Waals surface area contributed by atoms with Gasteiger partial charge >= 0.3 is 11.4 Å². The molecule has 0 spiro atoms. The van der Waals surface area contributed by atoms with Crippen LogP contribution in [-0.4, -0.2) is 14.8 Å². The van der Waals surface area contributed by atoms with Crippen molar-refractivity contribution in [1.82, 2.24) is 14.8 Å². The van der Waals surface area contributed by atoms with Crippen molar-refractivity contribution in [3.8, 4) is 5.69 Å². The number of nitrogens with one attached hydrogen (secondary N) is 2. The molecule has 2 aromatic rings. The number of halogens is 1. The molecular weight excluding hydrogens is 250 g/mol. The number of benzene rings is 1. The minimum atomic E-state index is -0.479. The third-order valence-corrected chi connectivity index (χ3v) is 2.24. The van der Waals surface area contributed by atoms with Crippen molar-refractivity contribution in [2.75, 3.05) is 0 Å². The third kappa shape index (κ3) is 1.44. The van der Waals surface area contributed by atoms with Crippen molar-refractivity contribution < 1.29 is 0 Å². The van der Waals surface area contributed by atoms with E-state index in [9.17, 15) is 9.59 Å². The molecular formula is C8H6BrN3O2. The Hall–Kier alpha value is -1.56. The van der Waals surface area contributed by atoms with Gasteiger partial charge in [0.2, 0.25) is 0 Å². The van der Waals surface area contributed by atoms with Crippen LogP contribution in [0.25, 0.3) is 5.69 Å². The summed E-state index contributed by atoms with van der Waals surface area (Å²) in [6.07, 6.45) is 0. The molecule has 2 N–H and O–H groups in total. The van der Waals surface area contributed by atoms with Crippen LogP contribution in [0.2, 0.25) is 0 Å². The van der Waals surface area contributed by atoms with Crippen LogP contribution >= 0.6 is 15.9 Å². The van der Waals surface area contributed by atoms with Gasteiger partial charge in [-0.15, -0.1) is 0 Å². The molecule has 0 aliphatic rings. The molecule has 0 aliphatic heterocycles. The molecule has 2 rings (SSSR count). The molecule has 0 unspecified atom stereocenters. The van der Waals surface area contributed by atoms with Gasteiger partial charge in [0.25, 0.3) is 0 Å². The van der Waals surface area contributed by atoms with E-state index in [4.69, 9.17) is 0 Å². The number of rotatable bonds is 1. The average molecular weight is 256 g/mol. The molecule has 1 aromatic heterocycles. The van der Waals surface area contributed by atoms with E-state index < -0.39 is 11.4 Å². The predicted molar refractivity (Wildman–Crippen MR) is 54.7 cm³/mol. The van der Waals surface area contributed by atoms with Gasteiger partial charge in [-0.25, -0.2) is 24.4 Å².